The Balaban J connectivity index is 1.95. The minimum atomic E-state index is -0.529. The Hall–Kier alpha value is -2.00. The average molecular weight is 270 g/mol. The van der Waals surface area contributed by atoms with Gasteiger partial charge in [0.1, 0.15) is 17.6 Å². The van der Waals surface area contributed by atoms with Crippen molar-refractivity contribution in [3.05, 3.63) is 59.2 Å². The number of methoxy groups -OCH3 is 1. The maximum Gasteiger partial charge on any atom is 0.127 e. The quantitative estimate of drug-likeness (QED) is 0.906. The first kappa shape index (κ1) is 13.0. The van der Waals surface area contributed by atoms with E-state index in [2.05, 4.69) is 19.1 Å². The van der Waals surface area contributed by atoms with Gasteiger partial charge in [-0.3, -0.25) is 0 Å². The zero-order valence-corrected chi connectivity index (χ0v) is 11.7. The second-order valence-corrected chi connectivity index (χ2v) is 5.12. The van der Waals surface area contributed by atoms with E-state index in [4.69, 9.17) is 9.47 Å². The zero-order valence-electron chi connectivity index (χ0n) is 11.7. The van der Waals surface area contributed by atoms with Crippen molar-refractivity contribution < 1.29 is 14.6 Å². The number of benzene rings is 2. The maximum atomic E-state index is 10.4. The molecule has 0 saturated heterocycles. The van der Waals surface area contributed by atoms with Crippen molar-refractivity contribution in [2.24, 2.45) is 0 Å². The summed E-state index contributed by atoms with van der Waals surface area (Å²) in [5.41, 5.74) is 3.11. The Labute approximate surface area is 118 Å². The molecule has 0 aliphatic carbocycles. The van der Waals surface area contributed by atoms with E-state index >= 15 is 0 Å². The number of fused-ring (bicyclic) bond motifs is 1. The molecule has 1 heterocycles. The maximum absolute atomic E-state index is 10.4. The van der Waals surface area contributed by atoms with Gasteiger partial charge in [-0.2, -0.15) is 0 Å². The SMILES string of the molecule is COc1ccc2c(c1)[C@H](O)CC(c1ccccc1C)O2. The van der Waals surface area contributed by atoms with Crippen LogP contribution in [0.1, 0.15) is 35.3 Å². The Morgan fingerprint density at radius 2 is 1.95 bits per heavy atom. The highest BCUT2D eigenvalue weighted by Crippen LogP contribution is 2.42. The Morgan fingerprint density at radius 1 is 1.15 bits per heavy atom. The highest BCUT2D eigenvalue weighted by Gasteiger charge is 2.29. The molecule has 3 nitrogen and oxygen atoms in total. The molecule has 0 saturated carbocycles. The number of aryl methyl sites for hydroxylation is 1. The van der Waals surface area contributed by atoms with Gasteiger partial charge in [-0.05, 0) is 36.2 Å². The van der Waals surface area contributed by atoms with Gasteiger partial charge in [0.15, 0.2) is 0 Å². The molecule has 20 heavy (non-hydrogen) atoms. The second kappa shape index (κ2) is 5.17. The van der Waals surface area contributed by atoms with Gasteiger partial charge in [0, 0.05) is 12.0 Å². The molecule has 1 aliphatic rings. The molecule has 2 aromatic rings. The predicted octanol–water partition coefficient (Wildman–Crippen LogP) is 3.56. The van der Waals surface area contributed by atoms with Crippen LogP contribution in [0.25, 0.3) is 0 Å². The highest BCUT2D eigenvalue weighted by atomic mass is 16.5. The standard InChI is InChI=1S/C17H18O3/c1-11-5-3-4-6-13(11)17-10-15(18)14-9-12(19-2)7-8-16(14)20-17/h3-9,15,17-18H,10H2,1-2H3/t15-,17?/m1/s1. The third-order valence-electron chi connectivity index (χ3n) is 3.82. The van der Waals surface area contributed by atoms with E-state index in [0.29, 0.717) is 6.42 Å². The molecule has 0 spiro atoms. The van der Waals surface area contributed by atoms with Crippen LogP contribution < -0.4 is 9.47 Å². The van der Waals surface area contributed by atoms with Crippen molar-refractivity contribution >= 4 is 0 Å². The fourth-order valence-corrected chi connectivity index (χ4v) is 2.69. The number of hydrogen-bond acceptors (Lipinski definition) is 3. The molecule has 0 amide bonds. The molecule has 1 N–H and O–H groups in total. The van der Waals surface area contributed by atoms with Crippen molar-refractivity contribution in [2.45, 2.75) is 25.6 Å². The van der Waals surface area contributed by atoms with E-state index in [1.807, 2.05) is 30.3 Å². The van der Waals surface area contributed by atoms with Crippen LogP contribution >= 0.6 is 0 Å². The van der Waals surface area contributed by atoms with Gasteiger partial charge in [0.05, 0.1) is 13.2 Å². The number of ether oxygens (including phenoxy) is 2. The summed E-state index contributed by atoms with van der Waals surface area (Å²) in [6, 6.07) is 13.7. The third-order valence-corrected chi connectivity index (χ3v) is 3.82. The summed E-state index contributed by atoms with van der Waals surface area (Å²) >= 11 is 0. The summed E-state index contributed by atoms with van der Waals surface area (Å²) in [7, 11) is 1.62. The fraction of sp³-hybridized carbons (Fsp3) is 0.294. The van der Waals surface area contributed by atoms with Gasteiger partial charge in [0.25, 0.3) is 0 Å². The molecule has 1 unspecified atom stereocenters. The van der Waals surface area contributed by atoms with Gasteiger partial charge >= 0.3 is 0 Å². The molecule has 2 aromatic carbocycles. The summed E-state index contributed by atoms with van der Waals surface area (Å²) in [6.45, 7) is 2.06. The topological polar surface area (TPSA) is 38.7 Å². The molecular weight excluding hydrogens is 252 g/mol. The van der Waals surface area contributed by atoms with E-state index < -0.39 is 6.10 Å². The summed E-state index contributed by atoms with van der Waals surface area (Å²) in [5.74, 6) is 1.47. The van der Waals surface area contributed by atoms with Crippen LogP contribution in [0.2, 0.25) is 0 Å². The van der Waals surface area contributed by atoms with Gasteiger partial charge in [-0.1, -0.05) is 24.3 Å². The highest BCUT2D eigenvalue weighted by molar-refractivity contribution is 5.44. The number of hydrogen-bond donors (Lipinski definition) is 1. The lowest BCUT2D eigenvalue weighted by Gasteiger charge is -2.31. The van der Waals surface area contributed by atoms with Crippen molar-refractivity contribution in [1.29, 1.82) is 0 Å². The Bertz CT molecular complexity index is 621. The summed E-state index contributed by atoms with van der Waals surface area (Å²) < 4.78 is 11.2. The van der Waals surface area contributed by atoms with Crippen molar-refractivity contribution in [3.63, 3.8) is 0 Å². The van der Waals surface area contributed by atoms with Crippen LogP contribution in [0, 0.1) is 6.92 Å². The summed E-state index contributed by atoms with van der Waals surface area (Å²) in [4.78, 5) is 0. The molecule has 104 valence electrons. The van der Waals surface area contributed by atoms with Crippen LogP contribution in [0.3, 0.4) is 0 Å². The van der Waals surface area contributed by atoms with Gasteiger partial charge < -0.3 is 14.6 Å². The first-order valence-electron chi connectivity index (χ1n) is 6.77. The predicted molar refractivity (Wildman–Crippen MR) is 77.1 cm³/mol. The number of aliphatic hydroxyl groups excluding tert-OH is 1. The van der Waals surface area contributed by atoms with Crippen molar-refractivity contribution in [2.75, 3.05) is 7.11 Å². The number of aliphatic hydroxyl groups is 1. The average Bonchev–Trinajstić information content (AvgIpc) is 2.47. The molecule has 0 bridgehead atoms. The van der Waals surface area contributed by atoms with Crippen molar-refractivity contribution in [3.8, 4) is 11.5 Å². The molecule has 0 aromatic heterocycles. The van der Waals surface area contributed by atoms with Crippen LogP contribution in [-0.4, -0.2) is 12.2 Å². The first-order chi connectivity index (χ1) is 9.69. The van der Waals surface area contributed by atoms with E-state index in [0.717, 1.165) is 22.6 Å². The summed E-state index contributed by atoms with van der Waals surface area (Å²) in [5, 5.41) is 10.4. The number of rotatable bonds is 2. The third kappa shape index (κ3) is 2.25. The lowest BCUT2D eigenvalue weighted by molar-refractivity contribution is 0.0652. The normalized spacial score (nSPS) is 20.9. The fourth-order valence-electron chi connectivity index (χ4n) is 2.69. The monoisotopic (exact) mass is 270 g/mol. The molecule has 1 aliphatic heterocycles. The molecule has 0 radical (unpaired) electrons. The van der Waals surface area contributed by atoms with Crippen LogP contribution in [-0.2, 0) is 0 Å². The van der Waals surface area contributed by atoms with E-state index in [1.165, 1.54) is 5.56 Å². The lowest BCUT2D eigenvalue weighted by atomic mass is 9.93. The molecule has 3 heteroatoms. The van der Waals surface area contributed by atoms with E-state index in [1.54, 1.807) is 7.11 Å². The summed E-state index contributed by atoms with van der Waals surface area (Å²) in [6.07, 6.45) is -0.0732. The van der Waals surface area contributed by atoms with Crippen LogP contribution in [0.15, 0.2) is 42.5 Å². The van der Waals surface area contributed by atoms with Crippen molar-refractivity contribution in [1.82, 2.24) is 0 Å². The van der Waals surface area contributed by atoms with E-state index in [-0.39, 0.29) is 6.10 Å². The second-order valence-electron chi connectivity index (χ2n) is 5.12. The molecular formula is C17H18O3. The van der Waals surface area contributed by atoms with Crippen LogP contribution in [0.5, 0.6) is 11.5 Å². The molecule has 2 atom stereocenters. The lowest BCUT2D eigenvalue weighted by Crippen LogP contribution is -2.19. The van der Waals surface area contributed by atoms with Gasteiger partial charge in [0.2, 0.25) is 0 Å². The Morgan fingerprint density at radius 3 is 2.70 bits per heavy atom. The zero-order chi connectivity index (χ0) is 14.1. The van der Waals surface area contributed by atoms with Gasteiger partial charge in [-0.25, -0.2) is 0 Å². The smallest absolute Gasteiger partial charge is 0.127 e. The molecule has 3 rings (SSSR count). The minimum absolute atomic E-state index is 0.105. The Kier molecular flexibility index (Phi) is 3.36. The minimum Gasteiger partial charge on any atom is -0.497 e. The van der Waals surface area contributed by atoms with E-state index in [9.17, 15) is 5.11 Å². The van der Waals surface area contributed by atoms with Crippen LogP contribution in [0.4, 0.5) is 0 Å². The largest absolute Gasteiger partial charge is 0.497 e. The first-order valence-corrected chi connectivity index (χ1v) is 6.77. The van der Waals surface area contributed by atoms with Gasteiger partial charge in [-0.15, -0.1) is 0 Å². The molecule has 0 fully saturated rings.